The number of anilines is 3. The molecular formula is C29H36N6O3S. The Balaban J connectivity index is 1.57. The number of thiocarbonyl (C=S) groups is 1. The van der Waals surface area contributed by atoms with Gasteiger partial charge in [0.2, 0.25) is 5.91 Å². The molecule has 4 rings (SSSR count). The number of amides is 2. The first-order chi connectivity index (χ1) is 18.7. The average Bonchev–Trinajstić information content (AvgIpc) is 3.38. The van der Waals surface area contributed by atoms with Crippen molar-refractivity contribution in [1.82, 2.24) is 14.7 Å². The highest BCUT2D eigenvalue weighted by Crippen LogP contribution is 2.29. The fourth-order valence-electron chi connectivity index (χ4n) is 4.51. The van der Waals surface area contributed by atoms with Crippen LogP contribution in [-0.4, -0.2) is 58.4 Å². The van der Waals surface area contributed by atoms with Crippen LogP contribution in [0.1, 0.15) is 37.4 Å². The van der Waals surface area contributed by atoms with Crippen LogP contribution in [0.2, 0.25) is 0 Å². The third-order valence-electron chi connectivity index (χ3n) is 6.71. The van der Waals surface area contributed by atoms with Gasteiger partial charge in [0.15, 0.2) is 5.11 Å². The van der Waals surface area contributed by atoms with Gasteiger partial charge < -0.3 is 19.9 Å². The highest BCUT2D eigenvalue weighted by atomic mass is 32.1. The second-order valence-electron chi connectivity index (χ2n) is 9.90. The van der Waals surface area contributed by atoms with E-state index in [1.54, 1.807) is 33.8 Å². The zero-order valence-electron chi connectivity index (χ0n) is 23.2. The number of hydrogen-bond donors (Lipinski definition) is 1. The lowest BCUT2D eigenvalue weighted by Crippen LogP contribution is -2.46. The molecule has 1 N–H and O–H groups in total. The minimum absolute atomic E-state index is 0.0221. The van der Waals surface area contributed by atoms with Crippen molar-refractivity contribution < 1.29 is 14.3 Å². The molecule has 1 unspecified atom stereocenters. The average molecular weight is 549 g/mol. The van der Waals surface area contributed by atoms with Gasteiger partial charge in [-0.05, 0) is 74.1 Å². The first-order valence-corrected chi connectivity index (χ1v) is 13.5. The van der Waals surface area contributed by atoms with Gasteiger partial charge in [-0.15, -0.1) is 0 Å². The molecule has 1 fully saturated rings. The molecular weight excluding hydrogens is 512 g/mol. The first-order valence-electron chi connectivity index (χ1n) is 13.1. The largest absolute Gasteiger partial charge is 0.494 e. The second kappa shape index (κ2) is 12.3. The van der Waals surface area contributed by atoms with Gasteiger partial charge >= 0.3 is 0 Å². The molecule has 9 nitrogen and oxygen atoms in total. The zero-order chi connectivity index (χ0) is 28.1. The second-order valence-corrected chi connectivity index (χ2v) is 10.3. The predicted molar refractivity (Wildman–Crippen MR) is 158 cm³/mol. The Morgan fingerprint density at radius 2 is 1.82 bits per heavy atom. The molecule has 0 saturated carbocycles. The minimum atomic E-state index is -0.751. The topological polar surface area (TPSA) is 82.9 Å². The van der Waals surface area contributed by atoms with E-state index in [1.807, 2.05) is 63.4 Å². The highest BCUT2D eigenvalue weighted by molar-refractivity contribution is 7.80. The number of aryl methyl sites for hydroxylation is 2. The van der Waals surface area contributed by atoms with Gasteiger partial charge in [-0.1, -0.05) is 13.3 Å². The summed E-state index contributed by atoms with van der Waals surface area (Å²) in [5.74, 6) is 0.131. The maximum absolute atomic E-state index is 13.7. The lowest BCUT2D eigenvalue weighted by Gasteiger charge is -2.30. The Morgan fingerprint density at radius 1 is 1.13 bits per heavy atom. The number of carbonyl (C=O) groups is 2. The van der Waals surface area contributed by atoms with Gasteiger partial charge in [-0.25, -0.2) is 4.90 Å². The Bertz CT molecular complexity index is 1320. The molecule has 0 bridgehead atoms. The fraction of sp³-hybridized carbons (Fsp3) is 0.379. The number of unbranched alkanes of at least 4 members (excludes halogenated alkanes) is 1. The van der Waals surface area contributed by atoms with Crippen molar-refractivity contribution in [2.75, 3.05) is 35.8 Å². The molecule has 206 valence electrons. The Kier molecular flexibility index (Phi) is 8.86. The molecule has 0 aliphatic carbocycles. The quantitative estimate of drug-likeness (QED) is 0.225. The number of hydrogen-bond acceptors (Lipinski definition) is 6. The molecule has 1 aromatic heterocycles. The SMILES string of the molecule is CCCCOc1ccc(N2C(=O)CC(N(Cc3cn(C)nc3C)C(=S)Nc3ccc(N(C)C)cc3)C2=O)cc1. The van der Waals surface area contributed by atoms with Crippen molar-refractivity contribution in [3.63, 3.8) is 0 Å². The van der Waals surface area contributed by atoms with Crippen LogP contribution in [0.4, 0.5) is 17.1 Å². The van der Waals surface area contributed by atoms with Crippen molar-refractivity contribution in [2.45, 2.75) is 45.7 Å². The summed E-state index contributed by atoms with van der Waals surface area (Å²) in [6.45, 7) is 4.99. The number of imide groups is 1. The van der Waals surface area contributed by atoms with Crippen molar-refractivity contribution in [1.29, 1.82) is 0 Å². The number of benzene rings is 2. The van der Waals surface area contributed by atoms with E-state index in [9.17, 15) is 9.59 Å². The monoisotopic (exact) mass is 548 g/mol. The molecule has 39 heavy (non-hydrogen) atoms. The van der Waals surface area contributed by atoms with E-state index in [0.717, 1.165) is 35.5 Å². The first kappa shape index (κ1) is 28.1. The number of carbonyl (C=O) groups excluding carboxylic acids is 2. The summed E-state index contributed by atoms with van der Waals surface area (Å²) in [4.78, 5) is 31.9. The van der Waals surface area contributed by atoms with Gasteiger partial charge in [0.05, 0.1) is 24.4 Å². The van der Waals surface area contributed by atoms with E-state index in [1.165, 1.54) is 4.90 Å². The number of nitrogens with one attached hydrogen (secondary N) is 1. The number of aromatic nitrogens is 2. The Hall–Kier alpha value is -3.92. The molecule has 10 heteroatoms. The van der Waals surface area contributed by atoms with Gasteiger partial charge in [-0.3, -0.25) is 14.3 Å². The van der Waals surface area contributed by atoms with Crippen LogP contribution in [0.3, 0.4) is 0 Å². The van der Waals surface area contributed by atoms with Crippen LogP contribution in [0.15, 0.2) is 54.7 Å². The molecule has 1 aliphatic heterocycles. The zero-order valence-corrected chi connectivity index (χ0v) is 24.0. The van der Waals surface area contributed by atoms with E-state index in [4.69, 9.17) is 17.0 Å². The van der Waals surface area contributed by atoms with Crippen molar-refractivity contribution in [3.05, 3.63) is 66.0 Å². The van der Waals surface area contributed by atoms with Crippen LogP contribution < -0.4 is 19.9 Å². The molecule has 3 aromatic rings. The predicted octanol–water partition coefficient (Wildman–Crippen LogP) is 4.50. The number of rotatable bonds is 10. The highest BCUT2D eigenvalue weighted by Gasteiger charge is 2.44. The smallest absolute Gasteiger partial charge is 0.257 e. The van der Waals surface area contributed by atoms with Gasteiger partial charge in [-0.2, -0.15) is 5.10 Å². The summed E-state index contributed by atoms with van der Waals surface area (Å²) in [7, 11) is 5.81. The summed E-state index contributed by atoms with van der Waals surface area (Å²) in [5.41, 5.74) is 4.14. The van der Waals surface area contributed by atoms with Crippen molar-refractivity contribution in [3.8, 4) is 5.75 Å². The van der Waals surface area contributed by atoms with E-state index < -0.39 is 6.04 Å². The van der Waals surface area contributed by atoms with Gasteiger partial charge in [0.25, 0.3) is 5.91 Å². The molecule has 2 aromatic carbocycles. The third kappa shape index (κ3) is 6.57. The van der Waals surface area contributed by atoms with Crippen molar-refractivity contribution in [2.24, 2.45) is 7.05 Å². The van der Waals surface area contributed by atoms with Gasteiger partial charge in [0.1, 0.15) is 11.8 Å². The van der Waals surface area contributed by atoms with E-state index in [-0.39, 0.29) is 18.2 Å². The fourth-order valence-corrected chi connectivity index (χ4v) is 4.82. The molecule has 0 spiro atoms. The Labute approximate surface area is 235 Å². The summed E-state index contributed by atoms with van der Waals surface area (Å²) >= 11 is 5.82. The maximum Gasteiger partial charge on any atom is 0.257 e. The maximum atomic E-state index is 13.7. The van der Waals surface area contributed by atoms with Crippen LogP contribution >= 0.6 is 12.2 Å². The number of nitrogens with zero attached hydrogens (tertiary/aromatic N) is 5. The van der Waals surface area contributed by atoms with E-state index >= 15 is 0 Å². The number of ether oxygens (including phenoxy) is 1. The summed E-state index contributed by atoms with van der Waals surface area (Å²) in [6, 6.07) is 14.2. The molecule has 2 amide bonds. The van der Waals surface area contributed by atoms with Crippen LogP contribution in [0.25, 0.3) is 0 Å². The lowest BCUT2D eigenvalue weighted by atomic mass is 10.1. The molecule has 0 radical (unpaired) electrons. The minimum Gasteiger partial charge on any atom is -0.494 e. The molecule has 1 saturated heterocycles. The molecule has 1 aliphatic rings. The van der Waals surface area contributed by atoms with Gasteiger partial charge in [0, 0.05) is 50.8 Å². The van der Waals surface area contributed by atoms with E-state index in [2.05, 4.69) is 17.3 Å². The standard InChI is InChI=1S/C29H36N6O3S/c1-6-7-16-38-25-14-12-24(13-15-25)35-27(36)17-26(28(35)37)34(19-21-18-33(5)31-20(21)2)29(39)30-22-8-10-23(11-9-22)32(3)4/h8-15,18,26H,6-7,16-17,19H2,1-5H3,(H,30,39). The normalized spacial score (nSPS) is 15.0. The van der Waals surface area contributed by atoms with Crippen LogP contribution in [-0.2, 0) is 23.2 Å². The Morgan fingerprint density at radius 3 is 2.41 bits per heavy atom. The lowest BCUT2D eigenvalue weighted by molar-refractivity contribution is -0.122. The van der Waals surface area contributed by atoms with E-state index in [0.29, 0.717) is 29.7 Å². The summed E-state index contributed by atoms with van der Waals surface area (Å²) in [5, 5.41) is 8.07. The van der Waals surface area contributed by atoms with Crippen LogP contribution in [0.5, 0.6) is 5.75 Å². The van der Waals surface area contributed by atoms with Crippen LogP contribution in [0, 0.1) is 6.92 Å². The molecule has 2 heterocycles. The third-order valence-corrected chi connectivity index (χ3v) is 7.05. The summed E-state index contributed by atoms with van der Waals surface area (Å²) in [6.07, 6.45) is 3.94. The van der Waals surface area contributed by atoms with Crippen molar-refractivity contribution >= 4 is 46.2 Å². The molecule has 1 atom stereocenters. The summed E-state index contributed by atoms with van der Waals surface area (Å²) < 4.78 is 7.47.